The minimum absolute atomic E-state index is 0.149. The summed E-state index contributed by atoms with van der Waals surface area (Å²) in [7, 11) is 0. The fourth-order valence-electron chi connectivity index (χ4n) is 6.40. The van der Waals surface area contributed by atoms with Gasteiger partial charge in [0.15, 0.2) is 6.29 Å². The number of nitrogens with one attached hydrogen (secondary N) is 1. The molecule has 1 amide bonds. The lowest BCUT2D eigenvalue weighted by Gasteiger charge is -2.40. The molecule has 1 rings (SSSR count). The molecule has 298 valence electrons. The molecule has 0 aliphatic carbocycles. The Balaban J connectivity index is 2.42. The Morgan fingerprint density at radius 3 is 1.73 bits per heavy atom. The molecule has 1 heterocycles. The zero-order valence-corrected chi connectivity index (χ0v) is 32.4. The van der Waals surface area contributed by atoms with E-state index in [1.165, 1.54) is 83.5 Å². The molecule has 5 unspecified atom stereocenters. The predicted octanol–water partition coefficient (Wildman–Crippen LogP) is 7.72. The Morgan fingerprint density at radius 1 is 0.667 bits per heavy atom. The summed E-state index contributed by atoms with van der Waals surface area (Å²) in [6.07, 6.45) is 31.4. The number of aliphatic hydroxyl groups excluding tert-OH is 5. The predicted molar refractivity (Wildman–Crippen MR) is 207 cm³/mol. The van der Waals surface area contributed by atoms with Crippen LogP contribution in [-0.4, -0.2) is 87.5 Å². The summed E-state index contributed by atoms with van der Waals surface area (Å²) >= 11 is 0. The lowest BCUT2D eigenvalue weighted by Crippen LogP contribution is -2.60. The van der Waals surface area contributed by atoms with Gasteiger partial charge in [-0.15, -0.1) is 0 Å². The molecule has 0 radical (unpaired) electrons. The molecule has 0 saturated carbocycles. The number of carbonyl (C=O) groups excluding carboxylic acids is 1. The quantitative estimate of drug-likeness (QED) is 0.0298. The highest BCUT2D eigenvalue weighted by atomic mass is 16.7. The summed E-state index contributed by atoms with van der Waals surface area (Å²) in [5.41, 5.74) is 0. The molecule has 0 bridgehead atoms. The Kier molecular flexibility index (Phi) is 30.7. The maximum absolute atomic E-state index is 12.9. The largest absolute Gasteiger partial charge is 0.394 e. The fourth-order valence-corrected chi connectivity index (χ4v) is 6.40. The van der Waals surface area contributed by atoms with Crippen LogP contribution in [0.5, 0.6) is 0 Å². The van der Waals surface area contributed by atoms with E-state index in [0.29, 0.717) is 12.8 Å². The van der Waals surface area contributed by atoms with Gasteiger partial charge in [0.1, 0.15) is 24.4 Å². The van der Waals surface area contributed by atoms with Crippen LogP contribution in [0.4, 0.5) is 0 Å². The highest BCUT2D eigenvalue weighted by Crippen LogP contribution is 2.23. The topological polar surface area (TPSA) is 149 Å². The van der Waals surface area contributed by atoms with Crippen molar-refractivity contribution in [1.82, 2.24) is 5.32 Å². The molecular formula is C42H77NO8. The number of ether oxygens (including phenoxy) is 2. The molecule has 0 spiro atoms. The molecule has 0 aromatic heterocycles. The zero-order valence-electron chi connectivity index (χ0n) is 32.4. The van der Waals surface area contributed by atoms with E-state index in [1.807, 2.05) is 0 Å². The molecule has 9 heteroatoms. The Labute approximate surface area is 311 Å². The van der Waals surface area contributed by atoms with Crippen LogP contribution in [-0.2, 0) is 14.3 Å². The smallest absolute Gasteiger partial charge is 0.220 e. The first-order valence-corrected chi connectivity index (χ1v) is 20.7. The van der Waals surface area contributed by atoms with Gasteiger partial charge in [0.2, 0.25) is 5.91 Å². The highest BCUT2D eigenvalue weighted by Gasteiger charge is 2.44. The molecule has 51 heavy (non-hydrogen) atoms. The second-order valence-corrected chi connectivity index (χ2v) is 14.5. The van der Waals surface area contributed by atoms with Crippen LogP contribution in [0.2, 0.25) is 0 Å². The molecule has 9 nitrogen and oxygen atoms in total. The first-order valence-electron chi connectivity index (χ1n) is 20.7. The van der Waals surface area contributed by atoms with Crippen molar-refractivity contribution in [1.29, 1.82) is 0 Å². The third-order valence-corrected chi connectivity index (χ3v) is 9.81. The number of carbonyl (C=O) groups is 1. The minimum atomic E-state index is -1.56. The summed E-state index contributed by atoms with van der Waals surface area (Å²) in [6, 6.07) is -0.730. The van der Waals surface area contributed by atoms with E-state index in [9.17, 15) is 30.3 Å². The lowest BCUT2D eigenvalue weighted by molar-refractivity contribution is -0.302. The number of amides is 1. The molecule has 1 fully saturated rings. The normalized spacial score (nSPS) is 22.4. The highest BCUT2D eigenvalue weighted by molar-refractivity contribution is 5.76. The van der Waals surface area contributed by atoms with Crippen LogP contribution in [0.25, 0.3) is 0 Å². The number of hydrogen-bond acceptors (Lipinski definition) is 8. The van der Waals surface area contributed by atoms with Gasteiger partial charge in [0.25, 0.3) is 0 Å². The van der Waals surface area contributed by atoms with Crippen molar-refractivity contribution >= 4 is 5.91 Å². The van der Waals surface area contributed by atoms with Gasteiger partial charge in [-0.3, -0.25) is 4.79 Å². The average molecular weight is 724 g/mol. The van der Waals surface area contributed by atoms with Crippen molar-refractivity contribution in [2.45, 2.75) is 211 Å². The van der Waals surface area contributed by atoms with Crippen LogP contribution in [0.15, 0.2) is 36.5 Å². The van der Waals surface area contributed by atoms with E-state index in [2.05, 4.69) is 55.6 Å². The number of unbranched alkanes of at least 4 members (excludes halogenated alkanes) is 19. The molecule has 1 aliphatic heterocycles. The van der Waals surface area contributed by atoms with Crippen LogP contribution in [0.3, 0.4) is 0 Å². The molecule has 7 atom stereocenters. The van der Waals surface area contributed by atoms with Gasteiger partial charge in [-0.05, 0) is 38.5 Å². The number of rotatable bonds is 33. The van der Waals surface area contributed by atoms with Gasteiger partial charge < -0.3 is 40.3 Å². The van der Waals surface area contributed by atoms with Gasteiger partial charge in [0.05, 0.1) is 25.4 Å². The minimum Gasteiger partial charge on any atom is -0.394 e. The van der Waals surface area contributed by atoms with E-state index in [-0.39, 0.29) is 12.5 Å². The van der Waals surface area contributed by atoms with Gasteiger partial charge >= 0.3 is 0 Å². The average Bonchev–Trinajstić information content (AvgIpc) is 3.13. The standard InChI is InChI=1S/C42H77NO8/c1-3-5-7-9-11-13-15-17-18-20-22-24-26-28-30-32-38(46)43-35(34-50-42-41(49)40(48)39(47)37(33-44)51-42)36(45)31-29-27-25-23-21-19-16-14-12-10-8-6-4-2/h11,13,15,17-18,20,35-37,39-42,44-45,47-49H,3-10,12,14,16,19,21-34H2,1-2H3,(H,43,46)/b13-11-,17-15+,20-18+/t35-,36+,37?,39?,40?,41?,42?/m0/s1. The van der Waals surface area contributed by atoms with Crippen molar-refractivity contribution in [3.63, 3.8) is 0 Å². The molecule has 0 aromatic carbocycles. The van der Waals surface area contributed by atoms with Crippen LogP contribution in [0.1, 0.15) is 168 Å². The SMILES string of the molecule is CCCCC\C=C/C=C/C=C/CCCCCCC(=O)N[C@@H](COC1OC(CO)C(O)C(O)C1O)[C@H](O)CCCCCCCCCCCCCCC. The monoisotopic (exact) mass is 724 g/mol. The van der Waals surface area contributed by atoms with E-state index >= 15 is 0 Å². The summed E-state index contributed by atoms with van der Waals surface area (Å²) in [6.45, 7) is 3.76. The third kappa shape index (κ3) is 24.4. The lowest BCUT2D eigenvalue weighted by atomic mass is 9.99. The second kappa shape index (κ2) is 33.0. The maximum atomic E-state index is 12.9. The molecule has 6 N–H and O–H groups in total. The van der Waals surface area contributed by atoms with Gasteiger partial charge in [-0.25, -0.2) is 0 Å². The molecule has 1 aliphatic rings. The van der Waals surface area contributed by atoms with Crippen LogP contribution < -0.4 is 5.32 Å². The van der Waals surface area contributed by atoms with Crippen molar-refractivity contribution in [2.75, 3.05) is 13.2 Å². The summed E-state index contributed by atoms with van der Waals surface area (Å²) in [5, 5.41) is 54.1. The molecule has 1 saturated heterocycles. The zero-order chi connectivity index (χ0) is 37.4. The third-order valence-electron chi connectivity index (χ3n) is 9.81. The van der Waals surface area contributed by atoms with Crippen molar-refractivity contribution in [2.24, 2.45) is 0 Å². The van der Waals surface area contributed by atoms with E-state index in [1.54, 1.807) is 0 Å². The first-order chi connectivity index (χ1) is 24.8. The number of allylic oxidation sites excluding steroid dienone is 6. The first kappa shape index (κ1) is 47.4. The summed E-state index contributed by atoms with van der Waals surface area (Å²) in [5.74, 6) is -0.172. The van der Waals surface area contributed by atoms with Crippen molar-refractivity contribution < 1.29 is 39.8 Å². The Morgan fingerprint density at radius 2 is 1.16 bits per heavy atom. The second-order valence-electron chi connectivity index (χ2n) is 14.5. The summed E-state index contributed by atoms with van der Waals surface area (Å²) < 4.78 is 11.2. The summed E-state index contributed by atoms with van der Waals surface area (Å²) in [4.78, 5) is 12.9. The van der Waals surface area contributed by atoms with Crippen LogP contribution >= 0.6 is 0 Å². The number of hydrogen-bond donors (Lipinski definition) is 6. The molecule has 0 aromatic rings. The van der Waals surface area contributed by atoms with E-state index < -0.39 is 49.5 Å². The Hall–Kier alpha value is -1.59. The van der Waals surface area contributed by atoms with E-state index in [0.717, 1.165) is 57.8 Å². The maximum Gasteiger partial charge on any atom is 0.220 e. The van der Waals surface area contributed by atoms with E-state index in [4.69, 9.17) is 9.47 Å². The fraction of sp³-hybridized carbons (Fsp3) is 0.833. The van der Waals surface area contributed by atoms with Gasteiger partial charge in [0, 0.05) is 6.42 Å². The molecular weight excluding hydrogens is 646 g/mol. The van der Waals surface area contributed by atoms with Crippen molar-refractivity contribution in [3.8, 4) is 0 Å². The number of aliphatic hydroxyl groups is 5. The van der Waals surface area contributed by atoms with Crippen LogP contribution in [0, 0.1) is 0 Å². The Bertz CT molecular complexity index is 894. The van der Waals surface area contributed by atoms with Gasteiger partial charge in [-0.1, -0.05) is 159 Å². The van der Waals surface area contributed by atoms with Gasteiger partial charge in [-0.2, -0.15) is 0 Å². The van der Waals surface area contributed by atoms with Crippen molar-refractivity contribution in [3.05, 3.63) is 36.5 Å².